The third-order valence-corrected chi connectivity index (χ3v) is 2.31. The topological polar surface area (TPSA) is 12.5 Å². The normalized spacial score (nSPS) is 23.6. The Bertz CT molecular complexity index is 260. The first-order valence-electron chi connectivity index (χ1n) is 4.72. The molecule has 0 spiro atoms. The van der Waals surface area contributed by atoms with E-state index in [4.69, 9.17) is 4.74 Å². The number of hydrogen-bond acceptors (Lipinski definition) is 2. The molecule has 2 heteroatoms. The predicted octanol–water partition coefficient (Wildman–Crippen LogP) is 1.86. The van der Waals surface area contributed by atoms with Gasteiger partial charge in [-0.1, -0.05) is 30.3 Å². The van der Waals surface area contributed by atoms with E-state index >= 15 is 0 Å². The molecule has 0 amide bonds. The molecule has 0 aliphatic carbocycles. The van der Waals surface area contributed by atoms with E-state index < -0.39 is 0 Å². The lowest BCUT2D eigenvalue weighted by atomic mass is 10.2. The van der Waals surface area contributed by atoms with Gasteiger partial charge in [0.05, 0.1) is 12.8 Å². The Labute approximate surface area is 79.1 Å². The molecule has 70 valence electrons. The molecule has 0 bridgehead atoms. The summed E-state index contributed by atoms with van der Waals surface area (Å²) in [5, 5.41) is 0. The quantitative estimate of drug-likeness (QED) is 0.683. The van der Waals surface area contributed by atoms with E-state index in [9.17, 15) is 0 Å². The van der Waals surface area contributed by atoms with Gasteiger partial charge in [-0.2, -0.15) is 0 Å². The Morgan fingerprint density at radius 2 is 2.15 bits per heavy atom. The molecule has 0 radical (unpaired) electrons. The number of ether oxygens (including phenoxy) is 1. The molecule has 1 atom stereocenters. The minimum Gasteiger partial charge on any atom is -0.362 e. The lowest BCUT2D eigenvalue weighted by Crippen LogP contribution is -2.20. The van der Waals surface area contributed by atoms with E-state index in [0.29, 0.717) is 6.10 Å². The second-order valence-electron chi connectivity index (χ2n) is 3.60. The van der Waals surface area contributed by atoms with E-state index in [1.165, 1.54) is 5.56 Å². The molecule has 1 aromatic rings. The molecule has 0 N–H and O–H groups in total. The molecule has 1 fully saturated rings. The van der Waals surface area contributed by atoms with Crippen molar-refractivity contribution >= 4 is 0 Å². The van der Waals surface area contributed by atoms with Crippen molar-refractivity contribution in [3.8, 4) is 0 Å². The standard InChI is InChI=1S/C11H15NO/c1-10-7-12(9-13-10)8-11-5-3-2-4-6-11/h2-6,10H,7-9H2,1H3. The largest absolute Gasteiger partial charge is 0.362 e. The summed E-state index contributed by atoms with van der Waals surface area (Å²) in [5.74, 6) is 0. The lowest BCUT2D eigenvalue weighted by molar-refractivity contribution is 0.0971. The van der Waals surface area contributed by atoms with Crippen molar-refractivity contribution in [3.05, 3.63) is 35.9 Å². The van der Waals surface area contributed by atoms with Gasteiger partial charge >= 0.3 is 0 Å². The van der Waals surface area contributed by atoms with Gasteiger partial charge in [-0.25, -0.2) is 0 Å². The average molecular weight is 177 g/mol. The molecule has 0 saturated carbocycles. The van der Waals surface area contributed by atoms with Crippen LogP contribution in [0.1, 0.15) is 12.5 Å². The zero-order valence-electron chi connectivity index (χ0n) is 7.94. The van der Waals surface area contributed by atoms with Crippen molar-refractivity contribution in [2.45, 2.75) is 19.6 Å². The first-order chi connectivity index (χ1) is 6.34. The molecule has 1 aliphatic rings. The van der Waals surface area contributed by atoms with Crippen LogP contribution in [0.15, 0.2) is 30.3 Å². The molecule has 13 heavy (non-hydrogen) atoms. The summed E-state index contributed by atoms with van der Waals surface area (Å²) >= 11 is 0. The Kier molecular flexibility index (Phi) is 2.62. The maximum atomic E-state index is 5.46. The highest BCUT2D eigenvalue weighted by atomic mass is 16.5. The number of hydrogen-bond donors (Lipinski definition) is 0. The summed E-state index contributed by atoms with van der Waals surface area (Å²) < 4.78 is 5.46. The average Bonchev–Trinajstić information content (AvgIpc) is 2.53. The molecular formula is C11H15NO. The van der Waals surface area contributed by atoms with Crippen LogP contribution in [0.5, 0.6) is 0 Å². The zero-order valence-corrected chi connectivity index (χ0v) is 7.94. The van der Waals surface area contributed by atoms with Crippen molar-refractivity contribution in [2.75, 3.05) is 13.3 Å². The monoisotopic (exact) mass is 177 g/mol. The SMILES string of the molecule is CC1CN(Cc2ccccc2)CO1. The van der Waals surface area contributed by atoms with Crippen LogP contribution in [-0.2, 0) is 11.3 Å². The Hall–Kier alpha value is -0.860. The first-order valence-corrected chi connectivity index (χ1v) is 4.72. The molecule has 2 nitrogen and oxygen atoms in total. The maximum Gasteiger partial charge on any atom is 0.0998 e. The predicted molar refractivity (Wildman–Crippen MR) is 52.3 cm³/mol. The fourth-order valence-electron chi connectivity index (χ4n) is 1.65. The zero-order chi connectivity index (χ0) is 9.10. The fourth-order valence-corrected chi connectivity index (χ4v) is 1.65. The highest BCUT2D eigenvalue weighted by molar-refractivity contribution is 5.14. The van der Waals surface area contributed by atoms with E-state index in [2.05, 4.69) is 36.1 Å². The van der Waals surface area contributed by atoms with Crippen molar-refractivity contribution in [2.24, 2.45) is 0 Å². The van der Waals surface area contributed by atoms with Crippen molar-refractivity contribution < 1.29 is 4.74 Å². The second-order valence-corrected chi connectivity index (χ2v) is 3.60. The van der Waals surface area contributed by atoms with Crippen LogP contribution < -0.4 is 0 Å². The van der Waals surface area contributed by atoms with Crippen molar-refractivity contribution in [1.29, 1.82) is 0 Å². The van der Waals surface area contributed by atoms with Gasteiger partial charge in [0, 0.05) is 13.1 Å². The Morgan fingerprint density at radius 1 is 1.38 bits per heavy atom. The van der Waals surface area contributed by atoms with Crippen LogP contribution in [0.2, 0.25) is 0 Å². The number of benzene rings is 1. The molecule has 1 aromatic carbocycles. The molecule has 1 unspecified atom stereocenters. The minimum atomic E-state index is 0.392. The minimum absolute atomic E-state index is 0.392. The van der Waals surface area contributed by atoms with Crippen LogP contribution in [0.4, 0.5) is 0 Å². The summed E-state index contributed by atoms with van der Waals surface area (Å²) in [7, 11) is 0. The van der Waals surface area contributed by atoms with E-state index in [0.717, 1.165) is 19.8 Å². The molecule has 1 aliphatic heterocycles. The van der Waals surface area contributed by atoms with Crippen LogP contribution in [0, 0.1) is 0 Å². The molecule has 2 rings (SSSR count). The fraction of sp³-hybridized carbons (Fsp3) is 0.455. The summed E-state index contributed by atoms with van der Waals surface area (Å²) in [6.07, 6.45) is 0.392. The van der Waals surface area contributed by atoms with Crippen LogP contribution in [0.3, 0.4) is 0 Å². The van der Waals surface area contributed by atoms with Gasteiger partial charge in [-0.15, -0.1) is 0 Å². The van der Waals surface area contributed by atoms with Crippen LogP contribution in [0.25, 0.3) is 0 Å². The highest BCUT2D eigenvalue weighted by Crippen LogP contribution is 2.11. The Morgan fingerprint density at radius 3 is 2.77 bits per heavy atom. The van der Waals surface area contributed by atoms with Gasteiger partial charge in [-0.3, -0.25) is 4.90 Å². The number of rotatable bonds is 2. The van der Waals surface area contributed by atoms with Gasteiger partial charge in [0.15, 0.2) is 0 Å². The summed E-state index contributed by atoms with van der Waals surface area (Å²) in [4.78, 5) is 2.32. The summed E-state index contributed by atoms with van der Waals surface area (Å²) in [6.45, 7) is 4.95. The lowest BCUT2D eigenvalue weighted by Gasteiger charge is -2.12. The van der Waals surface area contributed by atoms with E-state index in [1.54, 1.807) is 0 Å². The summed E-state index contributed by atoms with van der Waals surface area (Å²) in [5.41, 5.74) is 1.36. The van der Waals surface area contributed by atoms with Gasteiger partial charge in [0.1, 0.15) is 0 Å². The molecular weight excluding hydrogens is 162 g/mol. The molecule has 1 heterocycles. The van der Waals surface area contributed by atoms with Gasteiger partial charge < -0.3 is 4.74 Å². The van der Waals surface area contributed by atoms with Gasteiger partial charge in [0.2, 0.25) is 0 Å². The Balaban J connectivity index is 1.92. The van der Waals surface area contributed by atoms with Crippen molar-refractivity contribution in [1.82, 2.24) is 4.90 Å². The third kappa shape index (κ3) is 2.29. The van der Waals surface area contributed by atoms with Crippen LogP contribution in [-0.4, -0.2) is 24.3 Å². The molecule has 1 saturated heterocycles. The molecule has 0 aromatic heterocycles. The summed E-state index contributed by atoms with van der Waals surface area (Å²) in [6, 6.07) is 10.5. The van der Waals surface area contributed by atoms with Crippen molar-refractivity contribution in [3.63, 3.8) is 0 Å². The van der Waals surface area contributed by atoms with Gasteiger partial charge in [0.25, 0.3) is 0 Å². The first kappa shape index (κ1) is 8.73. The maximum absolute atomic E-state index is 5.46. The third-order valence-electron chi connectivity index (χ3n) is 2.31. The smallest absolute Gasteiger partial charge is 0.0998 e. The van der Waals surface area contributed by atoms with E-state index in [1.807, 2.05) is 6.07 Å². The number of nitrogens with zero attached hydrogens (tertiary/aromatic N) is 1. The van der Waals surface area contributed by atoms with E-state index in [-0.39, 0.29) is 0 Å². The van der Waals surface area contributed by atoms with Gasteiger partial charge in [-0.05, 0) is 12.5 Å². The van der Waals surface area contributed by atoms with Crippen LogP contribution >= 0.6 is 0 Å². The second kappa shape index (κ2) is 3.90. The highest BCUT2D eigenvalue weighted by Gasteiger charge is 2.18.